The number of amides is 2. The van der Waals surface area contributed by atoms with Gasteiger partial charge in [0.05, 0.1) is 18.2 Å². The second-order valence-corrected chi connectivity index (χ2v) is 12.9. The van der Waals surface area contributed by atoms with Gasteiger partial charge in [-0.15, -0.1) is 11.8 Å². The average molecular weight is 570 g/mol. The summed E-state index contributed by atoms with van der Waals surface area (Å²) in [5.41, 5.74) is -0.508. The molecule has 2 aromatic rings. The number of aliphatic hydroxyl groups excluding tert-OH is 1. The van der Waals surface area contributed by atoms with Gasteiger partial charge in [0.2, 0.25) is 5.91 Å². The Balaban J connectivity index is 1.54. The number of aliphatic hydroxyl groups is 2. The molecule has 4 rings (SSSR count). The Morgan fingerprint density at radius 3 is 2.48 bits per heavy atom. The van der Waals surface area contributed by atoms with E-state index in [9.17, 15) is 24.9 Å². The molecule has 0 spiro atoms. The Kier molecular flexibility index (Phi) is 10.2. The number of likely N-dealkylation sites (tertiary alicyclic amines) is 1. The lowest BCUT2D eigenvalue weighted by atomic mass is 9.72. The van der Waals surface area contributed by atoms with Crippen LogP contribution in [0, 0.1) is 18.8 Å². The van der Waals surface area contributed by atoms with Crippen molar-refractivity contribution in [1.82, 2.24) is 15.5 Å². The molecule has 2 fully saturated rings. The van der Waals surface area contributed by atoms with E-state index in [-0.39, 0.29) is 24.1 Å². The summed E-state index contributed by atoms with van der Waals surface area (Å²) in [5.74, 6) is 0.785. The van der Waals surface area contributed by atoms with Gasteiger partial charge < -0.3 is 26.0 Å². The topological polar surface area (TPSA) is 122 Å². The molecule has 9 heteroatoms. The highest BCUT2D eigenvalue weighted by atomic mass is 32.2. The summed E-state index contributed by atoms with van der Waals surface area (Å²) in [7, 11) is 0. The molecule has 2 aromatic carbocycles. The van der Waals surface area contributed by atoms with Gasteiger partial charge in [-0.2, -0.15) is 0 Å². The van der Waals surface area contributed by atoms with Crippen molar-refractivity contribution in [2.45, 2.75) is 81.7 Å². The molecule has 0 unspecified atom stereocenters. The number of nitrogens with one attached hydrogen (secondary N) is 2. The zero-order valence-corrected chi connectivity index (χ0v) is 24.5. The Morgan fingerprint density at radius 1 is 1.07 bits per heavy atom. The van der Waals surface area contributed by atoms with Crippen LogP contribution in [-0.4, -0.2) is 74.8 Å². The van der Waals surface area contributed by atoms with Crippen LogP contribution in [0.3, 0.4) is 0 Å². The van der Waals surface area contributed by atoms with Gasteiger partial charge in [-0.1, -0.05) is 43.5 Å². The van der Waals surface area contributed by atoms with E-state index in [2.05, 4.69) is 10.6 Å². The third-order valence-electron chi connectivity index (χ3n) is 8.16. The molecule has 0 aromatic heterocycles. The molecule has 5 N–H and O–H groups in total. The first kappa shape index (κ1) is 30.4. The third-order valence-corrected chi connectivity index (χ3v) is 9.29. The quantitative estimate of drug-likeness (QED) is 0.219. The van der Waals surface area contributed by atoms with E-state index in [0.29, 0.717) is 41.7 Å². The van der Waals surface area contributed by atoms with E-state index in [1.165, 1.54) is 18.9 Å². The normalized spacial score (nSPS) is 23.1. The van der Waals surface area contributed by atoms with Gasteiger partial charge in [0.25, 0.3) is 5.91 Å². The Labute approximate surface area is 241 Å². The zero-order valence-electron chi connectivity index (χ0n) is 23.7. The fourth-order valence-corrected chi connectivity index (χ4v) is 7.02. The fourth-order valence-electron chi connectivity index (χ4n) is 5.99. The second kappa shape index (κ2) is 13.4. The maximum Gasteiger partial charge on any atom is 0.252 e. The summed E-state index contributed by atoms with van der Waals surface area (Å²) >= 11 is 1.54. The number of rotatable bonds is 10. The molecular weight excluding hydrogens is 526 g/mol. The standard InChI is InChI=1S/C31H43N3O5S/c1-20-24(14-9-15-27(20)35)29(37)32-25(19-40-23-12-5-4-6-13-23)28(36)18-34-17-22-11-8-7-10-21(22)16-26(34)30(38)33-31(2,3)39/h4-6,9,12-15,21-22,25-26,28,35-36,39H,7-8,10-11,16-19H2,1-3H3,(H,32,37)(H,33,38)/t21-,22+,25-,26-,28+/m0/s1. The van der Waals surface area contributed by atoms with E-state index >= 15 is 0 Å². The minimum absolute atomic E-state index is 0.0411. The molecule has 0 radical (unpaired) electrons. The number of fused-ring (bicyclic) bond motifs is 1. The monoisotopic (exact) mass is 569 g/mol. The lowest BCUT2D eigenvalue weighted by Crippen LogP contribution is -2.60. The molecule has 40 heavy (non-hydrogen) atoms. The number of benzene rings is 2. The number of thioether (sulfide) groups is 1. The van der Waals surface area contributed by atoms with Crippen LogP contribution in [0.2, 0.25) is 0 Å². The van der Waals surface area contributed by atoms with Crippen LogP contribution in [0.15, 0.2) is 53.4 Å². The number of phenolic OH excluding ortho intramolecular Hbond substituents is 1. The number of piperidine rings is 1. The number of hydrogen-bond donors (Lipinski definition) is 5. The Morgan fingerprint density at radius 2 is 1.77 bits per heavy atom. The molecule has 1 aliphatic heterocycles. The summed E-state index contributed by atoms with van der Waals surface area (Å²) in [4.78, 5) is 29.7. The number of aromatic hydroxyl groups is 1. The molecule has 2 aliphatic rings. The number of hydrogen-bond acceptors (Lipinski definition) is 7. The van der Waals surface area contributed by atoms with Crippen molar-refractivity contribution in [2.75, 3.05) is 18.8 Å². The molecule has 1 saturated heterocycles. The van der Waals surface area contributed by atoms with Crippen molar-refractivity contribution in [2.24, 2.45) is 11.8 Å². The largest absolute Gasteiger partial charge is 0.508 e. The number of carbonyl (C=O) groups is 2. The first-order valence-corrected chi connectivity index (χ1v) is 15.2. The summed E-state index contributed by atoms with van der Waals surface area (Å²) < 4.78 is 0. The summed E-state index contributed by atoms with van der Waals surface area (Å²) in [6.07, 6.45) is 4.30. The van der Waals surface area contributed by atoms with Crippen LogP contribution < -0.4 is 10.6 Å². The van der Waals surface area contributed by atoms with Crippen LogP contribution in [-0.2, 0) is 4.79 Å². The number of nitrogens with zero attached hydrogens (tertiary/aromatic N) is 1. The summed E-state index contributed by atoms with van der Waals surface area (Å²) in [6.45, 7) is 5.70. The van der Waals surface area contributed by atoms with Crippen LogP contribution in [0.4, 0.5) is 0 Å². The van der Waals surface area contributed by atoms with E-state index in [4.69, 9.17) is 0 Å². The minimum atomic E-state index is -1.34. The van der Waals surface area contributed by atoms with Gasteiger partial charge in [-0.05, 0) is 69.7 Å². The Hall–Kier alpha value is -2.59. The van der Waals surface area contributed by atoms with Crippen LogP contribution in [0.5, 0.6) is 5.75 Å². The van der Waals surface area contributed by atoms with Crippen molar-refractivity contribution < 1.29 is 24.9 Å². The van der Waals surface area contributed by atoms with E-state index in [0.717, 1.165) is 17.7 Å². The predicted molar refractivity (Wildman–Crippen MR) is 157 cm³/mol. The van der Waals surface area contributed by atoms with Crippen molar-refractivity contribution in [3.63, 3.8) is 0 Å². The summed E-state index contributed by atoms with van der Waals surface area (Å²) in [5, 5.41) is 37.7. The third kappa shape index (κ3) is 8.00. The molecule has 1 heterocycles. The second-order valence-electron chi connectivity index (χ2n) is 11.8. The van der Waals surface area contributed by atoms with Crippen LogP contribution >= 0.6 is 11.8 Å². The van der Waals surface area contributed by atoms with E-state index in [1.807, 2.05) is 35.2 Å². The molecule has 1 saturated carbocycles. The maximum absolute atomic E-state index is 13.3. The highest BCUT2D eigenvalue weighted by Gasteiger charge is 2.42. The molecule has 8 nitrogen and oxygen atoms in total. The minimum Gasteiger partial charge on any atom is -0.508 e. The van der Waals surface area contributed by atoms with Gasteiger partial charge in [0.1, 0.15) is 11.5 Å². The first-order valence-electron chi connectivity index (χ1n) is 14.3. The maximum atomic E-state index is 13.3. The number of β-amino-alcohol motifs (C(OH)–C–C–N with tert-alkyl or cyclic N) is 1. The van der Waals surface area contributed by atoms with E-state index in [1.54, 1.807) is 44.7 Å². The van der Waals surface area contributed by atoms with Gasteiger partial charge in [-0.25, -0.2) is 0 Å². The average Bonchev–Trinajstić information content (AvgIpc) is 2.91. The Bertz CT molecular complexity index is 1160. The molecule has 218 valence electrons. The van der Waals surface area contributed by atoms with Gasteiger partial charge >= 0.3 is 0 Å². The van der Waals surface area contributed by atoms with Crippen molar-refractivity contribution in [1.29, 1.82) is 0 Å². The molecule has 2 amide bonds. The molecule has 1 aliphatic carbocycles. The molecule has 0 bridgehead atoms. The van der Waals surface area contributed by atoms with E-state index < -0.39 is 23.9 Å². The van der Waals surface area contributed by atoms with Crippen molar-refractivity contribution >= 4 is 23.6 Å². The van der Waals surface area contributed by atoms with Crippen LogP contribution in [0.25, 0.3) is 0 Å². The van der Waals surface area contributed by atoms with Gasteiger partial charge in [0.15, 0.2) is 0 Å². The van der Waals surface area contributed by atoms with Crippen molar-refractivity contribution in [3.8, 4) is 5.75 Å². The highest BCUT2D eigenvalue weighted by Crippen LogP contribution is 2.39. The number of phenols is 1. The molecule has 5 atom stereocenters. The predicted octanol–water partition coefficient (Wildman–Crippen LogP) is 3.68. The van der Waals surface area contributed by atoms with Gasteiger partial charge in [-0.3, -0.25) is 14.5 Å². The fraction of sp³-hybridized carbons (Fsp3) is 0.548. The van der Waals surface area contributed by atoms with Crippen molar-refractivity contribution in [3.05, 3.63) is 59.7 Å². The van der Waals surface area contributed by atoms with Gasteiger partial charge in [0, 0.05) is 34.9 Å². The smallest absolute Gasteiger partial charge is 0.252 e. The SMILES string of the molecule is Cc1c(O)cccc1C(=O)N[C@@H](CSc1ccccc1)[C@H](O)CN1C[C@H]2CCCC[C@H]2C[C@H]1C(=O)NC(C)(C)O. The summed E-state index contributed by atoms with van der Waals surface area (Å²) in [6, 6.07) is 13.6. The lowest BCUT2D eigenvalue weighted by Gasteiger charge is -2.46. The highest BCUT2D eigenvalue weighted by molar-refractivity contribution is 7.99. The lowest BCUT2D eigenvalue weighted by molar-refractivity contribution is -0.137. The number of carbonyl (C=O) groups excluding carboxylic acids is 2. The van der Waals surface area contributed by atoms with Crippen LogP contribution in [0.1, 0.15) is 61.9 Å². The molecular formula is C31H43N3O5S. The first-order chi connectivity index (χ1) is 19.0. The zero-order chi connectivity index (χ0) is 28.9.